The van der Waals surface area contributed by atoms with E-state index in [-0.39, 0.29) is 12.2 Å². The number of benzene rings is 2. The van der Waals surface area contributed by atoms with E-state index in [1.54, 1.807) is 30.3 Å². The van der Waals surface area contributed by atoms with Crippen molar-refractivity contribution in [1.82, 2.24) is 0 Å². The maximum absolute atomic E-state index is 14.0. The summed E-state index contributed by atoms with van der Waals surface area (Å²) in [4.78, 5) is 11.0. The molecule has 0 aliphatic rings. The summed E-state index contributed by atoms with van der Waals surface area (Å²) in [7, 11) is 0. The number of rotatable bonds is 4. The number of carbonyl (C=O) groups is 1. The maximum Gasteiger partial charge on any atom is 0.339 e. The molecule has 2 aromatic rings. The third kappa shape index (κ3) is 2.77. The van der Waals surface area contributed by atoms with E-state index in [2.05, 4.69) is 0 Å². The lowest BCUT2D eigenvalue weighted by atomic mass is 10.1. The van der Waals surface area contributed by atoms with Gasteiger partial charge in [0.15, 0.2) is 17.4 Å². The number of hydrogen-bond acceptors (Lipinski definition) is 2. The van der Waals surface area contributed by atoms with Crippen LogP contribution in [0.15, 0.2) is 36.4 Å². The molecule has 0 amide bonds. The zero-order valence-corrected chi connectivity index (χ0v) is 10.7. The van der Waals surface area contributed by atoms with Crippen LogP contribution in [0.25, 0.3) is 0 Å². The molecule has 0 atom stereocenters. The average molecular weight is 278 g/mol. The quantitative estimate of drug-likeness (QED) is 0.930. The van der Waals surface area contributed by atoms with E-state index in [1.807, 2.05) is 0 Å². The third-order valence-electron chi connectivity index (χ3n) is 2.81. The minimum absolute atomic E-state index is 0.0135. The van der Waals surface area contributed by atoms with E-state index in [1.165, 1.54) is 6.92 Å². The molecule has 0 radical (unpaired) electrons. The molecule has 0 unspecified atom stereocenters. The molecule has 1 N–H and O–H groups in total. The predicted octanol–water partition coefficient (Wildman–Crippen LogP) is 3.55. The number of hydrogen-bond donors (Lipinski definition) is 1. The lowest BCUT2D eigenvalue weighted by Gasteiger charge is -2.11. The summed E-state index contributed by atoms with van der Waals surface area (Å²) in [6, 6.07) is 9.77. The molecule has 0 saturated heterocycles. The van der Waals surface area contributed by atoms with Gasteiger partial charge >= 0.3 is 5.97 Å². The topological polar surface area (TPSA) is 46.5 Å². The van der Waals surface area contributed by atoms with E-state index in [9.17, 15) is 13.6 Å². The van der Waals surface area contributed by atoms with Gasteiger partial charge in [0.25, 0.3) is 0 Å². The molecular formula is C15H12F2O3. The summed E-state index contributed by atoms with van der Waals surface area (Å²) in [5, 5.41) is 8.93. The SMILES string of the molecule is Cc1cc(F)c(OCc2ccccc2)c(F)c1C(=O)O. The predicted molar refractivity (Wildman–Crippen MR) is 68.8 cm³/mol. The van der Waals surface area contributed by atoms with E-state index >= 15 is 0 Å². The molecule has 0 heterocycles. The highest BCUT2D eigenvalue weighted by Crippen LogP contribution is 2.28. The van der Waals surface area contributed by atoms with Crippen molar-refractivity contribution in [3.63, 3.8) is 0 Å². The van der Waals surface area contributed by atoms with Crippen LogP contribution in [0.1, 0.15) is 21.5 Å². The van der Waals surface area contributed by atoms with Crippen molar-refractivity contribution in [2.75, 3.05) is 0 Å². The van der Waals surface area contributed by atoms with Crippen molar-refractivity contribution >= 4 is 5.97 Å². The molecule has 0 aliphatic carbocycles. The highest BCUT2D eigenvalue weighted by atomic mass is 19.1. The molecule has 0 aliphatic heterocycles. The second-order valence-electron chi connectivity index (χ2n) is 4.27. The average Bonchev–Trinajstić information content (AvgIpc) is 2.38. The van der Waals surface area contributed by atoms with Crippen LogP contribution in [0.3, 0.4) is 0 Å². The number of carboxylic acid groups (broad SMARTS) is 1. The Morgan fingerprint density at radius 2 is 1.90 bits per heavy atom. The normalized spacial score (nSPS) is 10.3. The van der Waals surface area contributed by atoms with Gasteiger partial charge in [-0.15, -0.1) is 0 Å². The summed E-state index contributed by atoms with van der Waals surface area (Å²) < 4.78 is 32.8. The highest BCUT2D eigenvalue weighted by molar-refractivity contribution is 5.90. The minimum atomic E-state index is -1.45. The first kappa shape index (κ1) is 14.0. The fourth-order valence-electron chi connectivity index (χ4n) is 1.84. The van der Waals surface area contributed by atoms with Crippen molar-refractivity contribution in [3.05, 3.63) is 64.7 Å². The Labute approximate surface area is 114 Å². The van der Waals surface area contributed by atoms with Gasteiger partial charge in [0, 0.05) is 0 Å². The number of aromatic carboxylic acids is 1. The Morgan fingerprint density at radius 1 is 1.25 bits per heavy atom. The van der Waals surface area contributed by atoms with Gasteiger partial charge in [0.05, 0.1) is 0 Å². The first-order valence-corrected chi connectivity index (χ1v) is 5.89. The molecule has 0 saturated carbocycles. The Hall–Kier alpha value is -2.43. The Kier molecular flexibility index (Phi) is 3.98. The smallest absolute Gasteiger partial charge is 0.339 e. The number of halogens is 2. The maximum atomic E-state index is 14.0. The van der Waals surface area contributed by atoms with Crippen molar-refractivity contribution < 1.29 is 23.4 Å². The van der Waals surface area contributed by atoms with Crippen LogP contribution in [-0.2, 0) is 6.61 Å². The molecule has 20 heavy (non-hydrogen) atoms. The van der Waals surface area contributed by atoms with Gasteiger partial charge in [-0.05, 0) is 24.1 Å². The van der Waals surface area contributed by atoms with Gasteiger partial charge in [-0.25, -0.2) is 13.6 Å². The highest BCUT2D eigenvalue weighted by Gasteiger charge is 2.22. The fraction of sp³-hybridized carbons (Fsp3) is 0.133. The van der Waals surface area contributed by atoms with E-state index in [4.69, 9.17) is 9.84 Å². The van der Waals surface area contributed by atoms with Crippen LogP contribution >= 0.6 is 0 Å². The van der Waals surface area contributed by atoms with Gasteiger partial charge in [-0.2, -0.15) is 0 Å². The first-order chi connectivity index (χ1) is 9.50. The van der Waals surface area contributed by atoms with Crippen LogP contribution in [0.2, 0.25) is 0 Å². The second kappa shape index (κ2) is 5.69. The largest absolute Gasteiger partial charge is 0.483 e. The zero-order chi connectivity index (χ0) is 14.7. The van der Waals surface area contributed by atoms with Crippen molar-refractivity contribution in [1.29, 1.82) is 0 Å². The first-order valence-electron chi connectivity index (χ1n) is 5.89. The fourth-order valence-corrected chi connectivity index (χ4v) is 1.84. The summed E-state index contributed by atoms with van der Waals surface area (Å²) >= 11 is 0. The molecular weight excluding hydrogens is 266 g/mol. The molecule has 3 nitrogen and oxygen atoms in total. The monoisotopic (exact) mass is 278 g/mol. The molecule has 0 spiro atoms. The lowest BCUT2D eigenvalue weighted by molar-refractivity contribution is 0.0689. The molecule has 0 fully saturated rings. The van der Waals surface area contributed by atoms with Crippen LogP contribution < -0.4 is 4.74 Å². The van der Waals surface area contributed by atoms with Gasteiger partial charge in [0.1, 0.15) is 12.2 Å². The van der Waals surface area contributed by atoms with Crippen molar-refractivity contribution in [2.24, 2.45) is 0 Å². The number of ether oxygens (including phenoxy) is 1. The van der Waals surface area contributed by atoms with E-state index in [0.717, 1.165) is 11.6 Å². The summed E-state index contributed by atoms with van der Waals surface area (Å²) in [5.74, 6) is -4.23. The Bertz CT molecular complexity index is 639. The van der Waals surface area contributed by atoms with Gasteiger partial charge in [-0.1, -0.05) is 30.3 Å². The Morgan fingerprint density at radius 3 is 2.50 bits per heavy atom. The van der Waals surface area contributed by atoms with E-state index < -0.39 is 28.9 Å². The summed E-state index contributed by atoms with van der Waals surface area (Å²) in [5.41, 5.74) is 0.165. The van der Waals surface area contributed by atoms with E-state index in [0.29, 0.717) is 0 Å². The standard InChI is InChI=1S/C15H12F2O3/c1-9-7-11(16)14(13(17)12(9)15(18)19)20-8-10-5-3-2-4-6-10/h2-7H,8H2,1H3,(H,18,19). The molecule has 104 valence electrons. The molecule has 0 bridgehead atoms. The molecule has 0 aromatic heterocycles. The Balaban J connectivity index is 2.32. The zero-order valence-electron chi connectivity index (χ0n) is 10.7. The van der Waals surface area contributed by atoms with Crippen LogP contribution in [0, 0.1) is 18.6 Å². The van der Waals surface area contributed by atoms with Gasteiger partial charge in [0.2, 0.25) is 0 Å². The number of carboxylic acids is 1. The van der Waals surface area contributed by atoms with Crippen LogP contribution in [0.5, 0.6) is 5.75 Å². The van der Waals surface area contributed by atoms with Gasteiger partial charge in [-0.3, -0.25) is 0 Å². The van der Waals surface area contributed by atoms with Crippen LogP contribution in [-0.4, -0.2) is 11.1 Å². The van der Waals surface area contributed by atoms with Gasteiger partial charge < -0.3 is 9.84 Å². The summed E-state index contributed by atoms with van der Waals surface area (Å²) in [6.07, 6.45) is 0. The molecule has 5 heteroatoms. The second-order valence-corrected chi connectivity index (χ2v) is 4.27. The lowest BCUT2D eigenvalue weighted by Crippen LogP contribution is -2.08. The van der Waals surface area contributed by atoms with Crippen molar-refractivity contribution in [3.8, 4) is 5.75 Å². The molecule has 2 rings (SSSR count). The van der Waals surface area contributed by atoms with Crippen LogP contribution in [0.4, 0.5) is 8.78 Å². The summed E-state index contributed by atoms with van der Waals surface area (Å²) in [6.45, 7) is 1.29. The molecule has 2 aromatic carbocycles. The number of aryl methyl sites for hydroxylation is 1. The third-order valence-corrected chi connectivity index (χ3v) is 2.81. The van der Waals surface area contributed by atoms with Crippen molar-refractivity contribution in [2.45, 2.75) is 13.5 Å². The minimum Gasteiger partial charge on any atom is -0.483 e.